The second-order valence-electron chi connectivity index (χ2n) is 8.06. The number of rotatable bonds is 5. The van der Waals surface area contributed by atoms with Gasteiger partial charge in [0.15, 0.2) is 5.82 Å². The molecule has 2 aromatic rings. The van der Waals surface area contributed by atoms with Crippen molar-refractivity contribution < 1.29 is 0 Å². The van der Waals surface area contributed by atoms with Crippen molar-refractivity contribution in [3.63, 3.8) is 0 Å². The third-order valence-electron chi connectivity index (χ3n) is 6.21. The van der Waals surface area contributed by atoms with Gasteiger partial charge >= 0.3 is 0 Å². The van der Waals surface area contributed by atoms with Crippen molar-refractivity contribution in [2.45, 2.75) is 27.7 Å². The Labute approximate surface area is 179 Å². The normalized spacial score (nSPS) is 24.6. The third-order valence-corrected chi connectivity index (χ3v) is 8.04. The standard InChI is InChI=1S/C22H28Cl2N3P/c1-12-7-10-19(26-21-18(23)11-25-22(24)27-21)20(28(5)6)16(12)8-9-17-14(3)13(2)15(17)4/h7-11,13-15,17H,1-6H3,(H,25,26,27)/b9-8-. The molecule has 1 fully saturated rings. The van der Waals surface area contributed by atoms with E-state index in [0.29, 0.717) is 16.8 Å². The molecule has 1 aliphatic carbocycles. The van der Waals surface area contributed by atoms with Gasteiger partial charge in [0.1, 0.15) is 5.02 Å². The first-order valence-corrected chi connectivity index (χ1v) is 12.6. The highest BCUT2D eigenvalue weighted by molar-refractivity contribution is 7.64. The van der Waals surface area contributed by atoms with E-state index in [4.69, 9.17) is 23.2 Å². The molecule has 3 nitrogen and oxygen atoms in total. The van der Waals surface area contributed by atoms with E-state index in [-0.39, 0.29) is 13.2 Å². The molecule has 150 valence electrons. The maximum Gasteiger partial charge on any atom is 0.224 e. The fourth-order valence-corrected chi connectivity index (χ4v) is 5.75. The molecule has 1 N–H and O–H groups in total. The van der Waals surface area contributed by atoms with Gasteiger partial charge in [-0.25, -0.2) is 4.98 Å². The zero-order valence-corrected chi connectivity index (χ0v) is 19.7. The van der Waals surface area contributed by atoms with Crippen LogP contribution in [0.4, 0.5) is 11.5 Å². The minimum absolute atomic E-state index is 0.179. The largest absolute Gasteiger partial charge is 0.338 e. The molecule has 1 aliphatic rings. The van der Waals surface area contributed by atoms with Crippen LogP contribution in [0.2, 0.25) is 10.3 Å². The van der Waals surface area contributed by atoms with Crippen molar-refractivity contribution in [1.29, 1.82) is 0 Å². The van der Waals surface area contributed by atoms with Crippen LogP contribution in [0.5, 0.6) is 0 Å². The van der Waals surface area contributed by atoms with E-state index in [2.05, 4.69) is 80.6 Å². The lowest BCUT2D eigenvalue weighted by atomic mass is 9.59. The quantitative estimate of drug-likeness (QED) is 0.416. The number of allylic oxidation sites excluding steroid dienone is 1. The summed E-state index contributed by atoms with van der Waals surface area (Å²) in [5.74, 6) is 3.45. The molecular weight excluding hydrogens is 408 g/mol. The van der Waals surface area contributed by atoms with E-state index in [1.807, 2.05) is 0 Å². The molecule has 0 saturated heterocycles. The number of aryl methyl sites for hydroxylation is 1. The number of hydrogen-bond acceptors (Lipinski definition) is 3. The summed E-state index contributed by atoms with van der Waals surface area (Å²) in [4.78, 5) is 8.18. The van der Waals surface area contributed by atoms with Crippen molar-refractivity contribution in [3.8, 4) is 0 Å². The van der Waals surface area contributed by atoms with E-state index in [9.17, 15) is 0 Å². The van der Waals surface area contributed by atoms with E-state index in [1.54, 1.807) is 0 Å². The fourth-order valence-electron chi connectivity index (χ4n) is 4.13. The fraction of sp³-hybridized carbons (Fsp3) is 0.455. The second kappa shape index (κ2) is 8.69. The predicted octanol–water partition coefficient (Wildman–Crippen LogP) is 6.75. The maximum absolute atomic E-state index is 6.27. The van der Waals surface area contributed by atoms with E-state index >= 15 is 0 Å². The van der Waals surface area contributed by atoms with Crippen molar-refractivity contribution in [2.24, 2.45) is 23.7 Å². The van der Waals surface area contributed by atoms with Crippen LogP contribution in [0.3, 0.4) is 0 Å². The molecule has 1 aromatic heterocycles. The van der Waals surface area contributed by atoms with Gasteiger partial charge in [-0.3, -0.25) is 0 Å². The zero-order valence-electron chi connectivity index (χ0n) is 17.3. The van der Waals surface area contributed by atoms with Gasteiger partial charge in [0, 0.05) is 11.0 Å². The van der Waals surface area contributed by atoms with Crippen LogP contribution in [-0.2, 0) is 0 Å². The molecule has 0 spiro atoms. The summed E-state index contributed by atoms with van der Waals surface area (Å²) in [5, 5.41) is 5.34. The number of benzene rings is 1. The average Bonchev–Trinajstić information content (AvgIpc) is 2.66. The minimum Gasteiger partial charge on any atom is -0.338 e. The molecule has 2 unspecified atom stereocenters. The van der Waals surface area contributed by atoms with Crippen LogP contribution in [-0.4, -0.2) is 23.3 Å². The summed E-state index contributed by atoms with van der Waals surface area (Å²) in [7, 11) is -0.348. The lowest BCUT2D eigenvalue weighted by molar-refractivity contribution is 0.0526. The van der Waals surface area contributed by atoms with Crippen LogP contribution in [0.1, 0.15) is 31.9 Å². The van der Waals surface area contributed by atoms with Gasteiger partial charge in [-0.15, -0.1) is 0 Å². The highest BCUT2D eigenvalue weighted by atomic mass is 35.5. The number of halogens is 2. The number of aromatic nitrogens is 2. The second-order valence-corrected chi connectivity index (χ2v) is 11.0. The predicted molar refractivity (Wildman–Crippen MR) is 125 cm³/mol. The monoisotopic (exact) mass is 435 g/mol. The van der Waals surface area contributed by atoms with Crippen molar-refractivity contribution in [3.05, 3.63) is 45.8 Å². The Hall–Kier alpha value is -1.15. The average molecular weight is 436 g/mol. The van der Waals surface area contributed by atoms with Gasteiger partial charge in [0.25, 0.3) is 0 Å². The summed E-state index contributed by atoms with van der Waals surface area (Å²) in [5.41, 5.74) is 3.62. The molecule has 6 heteroatoms. The zero-order chi connectivity index (χ0) is 20.6. The van der Waals surface area contributed by atoms with Gasteiger partial charge in [0.05, 0.1) is 6.20 Å². The molecule has 1 saturated carbocycles. The van der Waals surface area contributed by atoms with E-state index in [1.165, 1.54) is 22.6 Å². The molecule has 3 rings (SSSR count). The van der Waals surface area contributed by atoms with Crippen molar-refractivity contribution in [2.75, 3.05) is 18.6 Å². The summed E-state index contributed by atoms with van der Waals surface area (Å²) in [6.07, 6.45) is 6.27. The highest BCUT2D eigenvalue weighted by Crippen LogP contribution is 2.46. The smallest absolute Gasteiger partial charge is 0.224 e. The molecule has 2 atom stereocenters. The molecule has 0 bridgehead atoms. The topological polar surface area (TPSA) is 37.8 Å². The molecule has 28 heavy (non-hydrogen) atoms. The molecular formula is C22H28Cl2N3P. The summed E-state index contributed by atoms with van der Waals surface area (Å²) >= 11 is 12.2. The molecule has 1 aromatic carbocycles. The maximum atomic E-state index is 6.27. The summed E-state index contributed by atoms with van der Waals surface area (Å²) in [6, 6.07) is 4.25. The van der Waals surface area contributed by atoms with Gasteiger partial charge in [-0.2, -0.15) is 4.98 Å². The Morgan fingerprint density at radius 1 is 1.07 bits per heavy atom. The molecule has 0 aliphatic heterocycles. The Kier molecular flexibility index (Phi) is 6.69. The molecule has 1 heterocycles. The lowest BCUT2D eigenvalue weighted by Crippen LogP contribution is -2.40. The van der Waals surface area contributed by atoms with E-state index < -0.39 is 0 Å². The van der Waals surface area contributed by atoms with Crippen LogP contribution in [0.25, 0.3) is 6.08 Å². The van der Waals surface area contributed by atoms with Crippen LogP contribution in [0, 0.1) is 30.6 Å². The Morgan fingerprint density at radius 2 is 1.75 bits per heavy atom. The number of hydrogen-bond donors (Lipinski definition) is 1. The summed E-state index contributed by atoms with van der Waals surface area (Å²) in [6.45, 7) is 13.8. The highest BCUT2D eigenvalue weighted by Gasteiger charge is 2.40. The Morgan fingerprint density at radius 3 is 2.39 bits per heavy atom. The third kappa shape index (κ3) is 4.22. The van der Waals surface area contributed by atoms with Crippen molar-refractivity contribution >= 4 is 54.0 Å². The number of nitrogens with one attached hydrogen (secondary N) is 1. The lowest BCUT2D eigenvalue weighted by Gasteiger charge is -2.46. The van der Waals surface area contributed by atoms with Crippen LogP contribution < -0.4 is 10.6 Å². The van der Waals surface area contributed by atoms with Gasteiger partial charge < -0.3 is 5.32 Å². The Balaban J connectivity index is 1.99. The van der Waals surface area contributed by atoms with Crippen LogP contribution >= 0.6 is 31.1 Å². The van der Waals surface area contributed by atoms with Gasteiger partial charge in [0.2, 0.25) is 5.28 Å². The Bertz CT molecular complexity index is 888. The van der Waals surface area contributed by atoms with Gasteiger partial charge in [-0.1, -0.05) is 58.5 Å². The number of nitrogens with zero attached hydrogens (tertiary/aromatic N) is 2. The molecule has 0 amide bonds. The SMILES string of the molecule is Cc1ccc(Nc2nc(Cl)ncc2Cl)c(P(C)C)c1/C=C\C1C(C)C(C)C1C. The minimum atomic E-state index is -0.348. The van der Waals surface area contributed by atoms with Gasteiger partial charge in [-0.05, 0) is 72.7 Å². The first kappa shape index (κ1) is 21.6. The molecule has 0 radical (unpaired) electrons. The first-order valence-electron chi connectivity index (χ1n) is 9.65. The first-order chi connectivity index (χ1) is 13.2. The summed E-state index contributed by atoms with van der Waals surface area (Å²) < 4.78 is 0. The van der Waals surface area contributed by atoms with E-state index in [0.717, 1.165) is 23.4 Å². The van der Waals surface area contributed by atoms with Crippen molar-refractivity contribution in [1.82, 2.24) is 9.97 Å². The van der Waals surface area contributed by atoms with Crippen LogP contribution in [0.15, 0.2) is 24.4 Å². The number of anilines is 2.